The molecule has 0 aliphatic heterocycles. The first kappa shape index (κ1) is 19.1. The van der Waals surface area contributed by atoms with Crippen LogP contribution in [0.1, 0.15) is 23.9 Å². The molecule has 0 aliphatic rings. The van der Waals surface area contributed by atoms with Crippen molar-refractivity contribution in [3.8, 4) is 5.75 Å². The molecular weight excluding hydrogens is 338 g/mol. The van der Waals surface area contributed by atoms with Crippen molar-refractivity contribution >= 4 is 17.6 Å². The van der Waals surface area contributed by atoms with Crippen molar-refractivity contribution in [2.75, 3.05) is 13.6 Å². The summed E-state index contributed by atoms with van der Waals surface area (Å²) in [5.74, 6) is 1.48. The highest BCUT2D eigenvalue weighted by Gasteiger charge is 2.10. The smallest absolute Gasteiger partial charge is 0.191 e. The Hall–Kier alpha value is -2.21. The number of nitrogens with zero attached hydrogens (tertiary/aromatic N) is 3. The molecule has 0 saturated heterocycles. The van der Waals surface area contributed by atoms with Crippen LogP contribution in [0.4, 0.5) is 0 Å². The molecule has 1 atom stereocenters. The molecule has 2 rings (SSSR count). The lowest BCUT2D eigenvalue weighted by molar-refractivity contribution is 0.224. The summed E-state index contributed by atoms with van der Waals surface area (Å²) in [6.45, 7) is 7.37. The molecule has 6 nitrogen and oxygen atoms in total. The summed E-state index contributed by atoms with van der Waals surface area (Å²) in [5.41, 5.74) is 3.37. The van der Waals surface area contributed by atoms with Gasteiger partial charge >= 0.3 is 0 Å². The lowest BCUT2D eigenvalue weighted by atomic mass is 10.2. The zero-order valence-electron chi connectivity index (χ0n) is 15.4. The molecule has 1 unspecified atom stereocenters. The minimum absolute atomic E-state index is 0.0288. The van der Waals surface area contributed by atoms with E-state index in [9.17, 15) is 0 Å². The molecule has 0 fully saturated rings. The number of guanidine groups is 1. The predicted molar refractivity (Wildman–Crippen MR) is 102 cm³/mol. The molecule has 7 heteroatoms. The van der Waals surface area contributed by atoms with Gasteiger partial charge in [0.15, 0.2) is 5.96 Å². The van der Waals surface area contributed by atoms with E-state index < -0.39 is 0 Å². The van der Waals surface area contributed by atoms with Gasteiger partial charge in [-0.1, -0.05) is 17.7 Å². The van der Waals surface area contributed by atoms with Crippen molar-refractivity contribution in [1.29, 1.82) is 0 Å². The van der Waals surface area contributed by atoms with Crippen LogP contribution < -0.4 is 15.4 Å². The molecule has 1 heterocycles. The summed E-state index contributed by atoms with van der Waals surface area (Å²) < 4.78 is 7.74. The number of aliphatic imine (C=N–C) groups is 1. The van der Waals surface area contributed by atoms with Gasteiger partial charge in [-0.25, -0.2) is 0 Å². The Morgan fingerprint density at radius 3 is 2.72 bits per heavy atom. The number of aryl methyl sites for hydroxylation is 2. The second kappa shape index (κ2) is 8.76. The number of nitrogens with one attached hydrogen (secondary N) is 2. The highest BCUT2D eigenvalue weighted by Crippen LogP contribution is 2.18. The predicted octanol–water partition coefficient (Wildman–Crippen LogP) is 2.82. The first-order valence-corrected chi connectivity index (χ1v) is 8.64. The van der Waals surface area contributed by atoms with Gasteiger partial charge in [0.25, 0.3) is 0 Å². The van der Waals surface area contributed by atoms with Gasteiger partial charge in [0.2, 0.25) is 0 Å². The molecule has 1 aromatic carbocycles. The van der Waals surface area contributed by atoms with Crippen molar-refractivity contribution in [1.82, 2.24) is 20.4 Å². The average molecular weight is 364 g/mol. The first-order valence-electron chi connectivity index (χ1n) is 8.26. The van der Waals surface area contributed by atoms with Crippen molar-refractivity contribution in [2.24, 2.45) is 12.0 Å². The van der Waals surface area contributed by atoms with Crippen LogP contribution in [0.2, 0.25) is 5.02 Å². The fourth-order valence-electron chi connectivity index (χ4n) is 2.52. The van der Waals surface area contributed by atoms with Crippen molar-refractivity contribution in [3.05, 3.63) is 46.2 Å². The van der Waals surface area contributed by atoms with E-state index in [-0.39, 0.29) is 6.10 Å². The number of benzene rings is 1. The Balaban J connectivity index is 1.83. The van der Waals surface area contributed by atoms with E-state index >= 15 is 0 Å². The Labute approximate surface area is 154 Å². The van der Waals surface area contributed by atoms with Gasteiger partial charge in [0.05, 0.1) is 12.2 Å². The normalized spacial score (nSPS) is 12.8. The quantitative estimate of drug-likeness (QED) is 0.612. The molecule has 0 spiro atoms. The number of hydrogen-bond acceptors (Lipinski definition) is 3. The number of hydrogen-bond donors (Lipinski definition) is 2. The monoisotopic (exact) mass is 363 g/mol. The topological polar surface area (TPSA) is 63.5 Å². The maximum absolute atomic E-state index is 5.97. The SMILES string of the molecule is CN=C(NCc1c(C)nn(C)c1C)NCC(C)Oc1cccc(Cl)c1. The summed E-state index contributed by atoms with van der Waals surface area (Å²) >= 11 is 5.97. The van der Waals surface area contributed by atoms with Gasteiger partial charge < -0.3 is 15.4 Å². The third kappa shape index (κ3) is 5.39. The molecule has 0 amide bonds. The number of halogens is 1. The lowest BCUT2D eigenvalue weighted by Crippen LogP contribution is -2.41. The van der Waals surface area contributed by atoms with E-state index in [2.05, 4.69) is 27.6 Å². The van der Waals surface area contributed by atoms with Gasteiger partial charge in [-0.15, -0.1) is 0 Å². The largest absolute Gasteiger partial charge is 0.489 e. The van der Waals surface area contributed by atoms with E-state index in [1.165, 1.54) is 5.56 Å². The van der Waals surface area contributed by atoms with E-state index in [0.717, 1.165) is 23.1 Å². The molecule has 0 aliphatic carbocycles. The highest BCUT2D eigenvalue weighted by molar-refractivity contribution is 6.30. The van der Waals surface area contributed by atoms with Gasteiger partial charge in [0.1, 0.15) is 11.9 Å². The third-order valence-electron chi connectivity index (χ3n) is 4.01. The van der Waals surface area contributed by atoms with Crippen LogP contribution in [0.15, 0.2) is 29.3 Å². The molecule has 0 radical (unpaired) electrons. The molecule has 0 bridgehead atoms. The van der Waals surface area contributed by atoms with Crippen molar-refractivity contribution in [2.45, 2.75) is 33.4 Å². The number of aromatic nitrogens is 2. The van der Waals surface area contributed by atoms with E-state index in [1.54, 1.807) is 13.1 Å². The zero-order chi connectivity index (χ0) is 18.4. The standard InChI is InChI=1S/C18H26ClN5O/c1-12(25-16-8-6-7-15(19)9-16)10-21-18(20-4)22-11-17-13(2)23-24(5)14(17)3/h6-9,12H,10-11H2,1-5H3,(H2,20,21,22). The fourth-order valence-corrected chi connectivity index (χ4v) is 2.70. The van der Waals surface area contributed by atoms with Crippen LogP contribution in [0.3, 0.4) is 0 Å². The lowest BCUT2D eigenvalue weighted by Gasteiger charge is -2.18. The zero-order valence-corrected chi connectivity index (χ0v) is 16.2. The molecule has 1 aromatic heterocycles. The summed E-state index contributed by atoms with van der Waals surface area (Å²) in [6, 6.07) is 7.39. The Morgan fingerprint density at radius 1 is 1.36 bits per heavy atom. The number of ether oxygens (including phenoxy) is 1. The average Bonchev–Trinajstić information content (AvgIpc) is 2.80. The summed E-state index contributed by atoms with van der Waals surface area (Å²) in [4.78, 5) is 4.25. The van der Waals surface area contributed by atoms with E-state index in [1.807, 2.05) is 43.8 Å². The first-order chi connectivity index (χ1) is 11.9. The summed E-state index contributed by atoms with van der Waals surface area (Å²) in [7, 11) is 3.70. The molecular formula is C18H26ClN5O. The van der Waals surface area contributed by atoms with Crippen molar-refractivity contribution in [3.63, 3.8) is 0 Å². The van der Waals surface area contributed by atoms with E-state index in [4.69, 9.17) is 16.3 Å². The second-order valence-electron chi connectivity index (χ2n) is 5.97. The highest BCUT2D eigenvalue weighted by atomic mass is 35.5. The van der Waals surface area contributed by atoms with Crippen LogP contribution in [-0.2, 0) is 13.6 Å². The summed E-state index contributed by atoms with van der Waals surface area (Å²) in [6.07, 6.45) is -0.0288. The minimum atomic E-state index is -0.0288. The van der Waals surface area contributed by atoms with Gasteiger partial charge in [0, 0.05) is 36.9 Å². The van der Waals surface area contributed by atoms with Crippen LogP contribution in [0.25, 0.3) is 0 Å². The minimum Gasteiger partial charge on any atom is -0.489 e. The van der Waals surface area contributed by atoms with Gasteiger partial charge in [-0.2, -0.15) is 5.10 Å². The Morgan fingerprint density at radius 2 is 2.12 bits per heavy atom. The van der Waals surface area contributed by atoms with Crippen molar-refractivity contribution < 1.29 is 4.74 Å². The van der Waals surface area contributed by atoms with Crippen LogP contribution in [-0.4, -0.2) is 35.4 Å². The molecule has 136 valence electrons. The molecule has 2 N–H and O–H groups in total. The van der Waals surface area contributed by atoms with Crippen LogP contribution >= 0.6 is 11.6 Å². The third-order valence-corrected chi connectivity index (χ3v) is 4.24. The second-order valence-corrected chi connectivity index (χ2v) is 6.40. The molecule has 25 heavy (non-hydrogen) atoms. The maximum Gasteiger partial charge on any atom is 0.191 e. The maximum atomic E-state index is 5.97. The van der Waals surface area contributed by atoms with Gasteiger partial charge in [-0.3, -0.25) is 9.67 Å². The van der Waals surface area contributed by atoms with E-state index in [0.29, 0.717) is 18.1 Å². The molecule has 2 aromatic rings. The van der Waals surface area contributed by atoms with Gasteiger partial charge in [-0.05, 0) is 39.0 Å². The van der Waals surface area contributed by atoms with Crippen LogP contribution in [0.5, 0.6) is 5.75 Å². The van der Waals surface area contributed by atoms with Crippen LogP contribution in [0, 0.1) is 13.8 Å². The Bertz CT molecular complexity index is 741. The Kier molecular flexibility index (Phi) is 6.70. The summed E-state index contributed by atoms with van der Waals surface area (Å²) in [5, 5.41) is 11.7. The fraction of sp³-hybridized carbons (Fsp3) is 0.444. The molecule has 0 saturated carbocycles. The number of rotatable bonds is 6.